The Balaban J connectivity index is 1.41. The van der Waals surface area contributed by atoms with Crippen molar-refractivity contribution < 1.29 is 19.4 Å². The number of hydrazone groups is 1. The average molecular weight is 574 g/mol. The molecule has 1 aliphatic heterocycles. The molecule has 0 spiro atoms. The van der Waals surface area contributed by atoms with E-state index in [1.807, 2.05) is 67.6 Å². The minimum absolute atomic E-state index is 0.0547. The maximum atomic E-state index is 14.4. The summed E-state index contributed by atoms with van der Waals surface area (Å²) in [5, 5.41) is 27.4. The molecule has 1 heterocycles. The van der Waals surface area contributed by atoms with Gasteiger partial charge < -0.3 is 0 Å². The molecule has 2 amide bonds. The summed E-state index contributed by atoms with van der Waals surface area (Å²) in [5.74, 6) is -2.50. The number of nitro benzene ring substituents is 2. The molecule has 0 saturated carbocycles. The van der Waals surface area contributed by atoms with Gasteiger partial charge in [0, 0.05) is 18.2 Å². The van der Waals surface area contributed by atoms with E-state index in [9.17, 15) is 29.8 Å². The number of anilines is 2. The van der Waals surface area contributed by atoms with Crippen molar-refractivity contribution in [1.82, 2.24) is 0 Å². The van der Waals surface area contributed by atoms with Crippen LogP contribution in [-0.2, 0) is 15.0 Å². The number of nitrogens with one attached hydrogen (secondary N) is 1. The summed E-state index contributed by atoms with van der Waals surface area (Å²) in [6.45, 7) is 1.93. The van der Waals surface area contributed by atoms with Gasteiger partial charge in [0.2, 0.25) is 11.8 Å². The summed E-state index contributed by atoms with van der Waals surface area (Å²) in [4.78, 5) is 51.4. The molecule has 2 bridgehead atoms. The van der Waals surface area contributed by atoms with Crippen molar-refractivity contribution in [2.24, 2.45) is 16.9 Å². The summed E-state index contributed by atoms with van der Waals surface area (Å²) < 4.78 is 0. The Morgan fingerprint density at radius 2 is 1.47 bits per heavy atom. The number of imide groups is 1. The predicted octanol–water partition coefficient (Wildman–Crippen LogP) is 5.46. The molecule has 0 aromatic heterocycles. The van der Waals surface area contributed by atoms with Crippen LogP contribution in [0.4, 0.5) is 22.7 Å². The molecule has 2 atom stereocenters. The highest BCUT2D eigenvalue weighted by Gasteiger charge is 2.68. The summed E-state index contributed by atoms with van der Waals surface area (Å²) in [5.41, 5.74) is 5.50. The second-order valence-electron chi connectivity index (χ2n) is 11.0. The van der Waals surface area contributed by atoms with E-state index < -0.39 is 38.5 Å². The highest BCUT2D eigenvalue weighted by atomic mass is 16.6. The monoisotopic (exact) mass is 573 g/mol. The van der Waals surface area contributed by atoms with Crippen LogP contribution in [0.5, 0.6) is 0 Å². The number of nitrogens with zero attached hydrogens (tertiary/aromatic N) is 4. The fourth-order valence-electron chi connectivity index (χ4n) is 7.08. The minimum Gasteiger partial charge on any atom is -0.274 e. The topological polar surface area (TPSA) is 148 Å². The first-order valence-electron chi connectivity index (χ1n) is 13.6. The second-order valence-corrected chi connectivity index (χ2v) is 11.0. The molecule has 1 fully saturated rings. The van der Waals surface area contributed by atoms with Gasteiger partial charge in [-0.05, 0) is 47.4 Å². The normalized spacial score (nSPS) is 23.2. The zero-order valence-electron chi connectivity index (χ0n) is 22.7. The molecule has 0 radical (unpaired) electrons. The number of carbonyl (C=O) groups excluding carboxylic acids is 2. The first-order chi connectivity index (χ1) is 20.7. The van der Waals surface area contributed by atoms with E-state index in [1.165, 1.54) is 11.0 Å². The number of nitro groups is 2. The number of rotatable bonds is 6. The van der Waals surface area contributed by atoms with Crippen LogP contribution >= 0.6 is 0 Å². The molecule has 212 valence electrons. The molecule has 4 aromatic rings. The van der Waals surface area contributed by atoms with Crippen LogP contribution in [0, 0.1) is 39.0 Å². The molecule has 4 aromatic carbocycles. The minimum atomic E-state index is -1.18. The van der Waals surface area contributed by atoms with Gasteiger partial charge >= 0.3 is 5.69 Å². The van der Waals surface area contributed by atoms with Crippen molar-refractivity contribution >= 4 is 40.8 Å². The van der Waals surface area contributed by atoms with Gasteiger partial charge in [-0.15, -0.1) is 0 Å². The number of carbonyl (C=O) groups is 2. The largest absolute Gasteiger partial charge is 0.301 e. The van der Waals surface area contributed by atoms with Gasteiger partial charge in [0.25, 0.3) is 5.69 Å². The third-order valence-corrected chi connectivity index (χ3v) is 8.82. The van der Waals surface area contributed by atoms with Gasteiger partial charge in [0.1, 0.15) is 5.69 Å². The van der Waals surface area contributed by atoms with Crippen LogP contribution in [0.25, 0.3) is 0 Å². The molecule has 1 N–H and O–H groups in total. The molecule has 1 saturated heterocycles. The quantitative estimate of drug-likeness (QED) is 0.139. The van der Waals surface area contributed by atoms with Crippen molar-refractivity contribution in [1.29, 1.82) is 0 Å². The second kappa shape index (κ2) is 9.41. The zero-order valence-corrected chi connectivity index (χ0v) is 22.7. The number of benzene rings is 4. The van der Waals surface area contributed by atoms with Crippen molar-refractivity contribution in [3.63, 3.8) is 0 Å². The zero-order chi connectivity index (χ0) is 30.0. The molecule has 8 rings (SSSR count). The van der Waals surface area contributed by atoms with E-state index in [0.717, 1.165) is 39.9 Å². The van der Waals surface area contributed by atoms with Crippen LogP contribution in [0.1, 0.15) is 33.7 Å². The van der Waals surface area contributed by atoms with E-state index in [2.05, 4.69) is 10.5 Å². The molecule has 11 heteroatoms. The van der Waals surface area contributed by atoms with Gasteiger partial charge in [-0.1, -0.05) is 66.2 Å². The standard InChI is InChI=1S/C32H23N5O6/c1-18-10-12-19(13-11-18)35-30(38)28-27-21-6-2-4-8-23(21)32(29(28)31(35)39,24-9-5-3-7-22(24)27)17-33-34-25-15-14-20(36(40)41)16-26(25)37(42)43/h2-17,27-29,34H,1H3/b33-17-/t27?,28-,29+,32?/m0/s1. The molecule has 0 unspecified atom stereocenters. The Hall–Kier alpha value is -5.71. The summed E-state index contributed by atoms with van der Waals surface area (Å²) in [6, 6.07) is 25.8. The lowest BCUT2D eigenvalue weighted by molar-refractivity contribution is -0.393. The van der Waals surface area contributed by atoms with Gasteiger partial charge in [-0.2, -0.15) is 5.10 Å². The Bertz CT molecular complexity index is 1860. The third kappa shape index (κ3) is 3.64. The van der Waals surface area contributed by atoms with Crippen LogP contribution < -0.4 is 10.3 Å². The Kier molecular flexibility index (Phi) is 5.74. The SMILES string of the molecule is Cc1ccc(N2C(=O)[C@H]3C4c5ccccc5C(/C=N\Nc5ccc([N+](=O)[O-])cc5[N+](=O)[O-])(c5ccccc54)[C@H]3C2=O)cc1. The predicted molar refractivity (Wildman–Crippen MR) is 158 cm³/mol. The fourth-order valence-corrected chi connectivity index (χ4v) is 7.08. The van der Waals surface area contributed by atoms with Crippen LogP contribution in [-0.4, -0.2) is 27.9 Å². The van der Waals surface area contributed by atoms with Crippen molar-refractivity contribution in [3.8, 4) is 0 Å². The number of hydrogen-bond donors (Lipinski definition) is 1. The lowest BCUT2D eigenvalue weighted by Crippen LogP contribution is -2.54. The Morgan fingerprint density at radius 1 is 0.837 bits per heavy atom. The highest BCUT2D eigenvalue weighted by Crippen LogP contribution is 2.63. The number of aryl methyl sites for hydroxylation is 1. The Labute approximate surface area is 244 Å². The van der Waals surface area contributed by atoms with E-state index >= 15 is 0 Å². The average Bonchev–Trinajstić information content (AvgIpc) is 3.28. The highest BCUT2D eigenvalue weighted by molar-refractivity contribution is 6.25. The lowest BCUT2D eigenvalue weighted by atomic mass is 9.47. The first-order valence-corrected chi connectivity index (χ1v) is 13.6. The van der Waals surface area contributed by atoms with Crippen LogP contribution in [0.2, 0.25) is 0 Å². The molecule has 11 nitrogen and oxygen atoms in total. The van der Waals surface area contributed by atoms with Crippen LogP contribution in [0.15, 0.2) is 96.1 Å². The van der Waals surface area contributed by atoms with Gasteiger partial charge in [0.15, 0.2) is 0 Å². The molecular formula is C32H23N5O6. The Morgan fingerprint density at radius 3 is 2.07 bits per heavy atom. The van der Waals surface area contributed by atoms with Gasteiger partial charge in [0.05, 0.1) is 38.9 Å². The molecule has 43 heavy (non-hydrogen) atoms. The molecular weight excluding hydrogens is 550 g/mol. The summed E-state index contributed by atoms with van der Waals surface area (Å²) in [6.07, 6.45) is 1.56. The van der Waals surface area contributed by atoms with Crippen molar-refractivity contribution in [3.05, 3.63) is 139 Å². The van der Waals surface area contributed by atoms with E-state index in [4.69, 9.17) is 0 Å². The fraction of sp³-hybridized carbons (Fsp3) is 0.156. The van der Waals surface area contributed by atoms with Crippen molar-refractivity contribution in [2.75, 3.05) is 10.3 Å². The number of non-ortho nitro benzene ring substituents is 1. The number of hydrogen-bond acceptors (Lipinski definition) is 8. The number of amides is 2. The van der Waals surface area contributed by atoms with E-state index in [1.54, 1.807) is 18.3 Å². The molecule has 4 aliphatic rings. The molecule has 3 aliphatic carbocycles. The lowest BCUT2D eigenvalue weighted by Gasteiger charge is -2.52. The third-order valence-electron chi connectivity index (χ3n) is 8.82. The van der Waals surface area contributed by atoms with Gasteiger partial charge in [-0.25, -0.2) is 4.90 Å². The van der Waals surface area contributed by atoms with Crippen LogP contribution in [0.3, 0.4) is 0 Å². The summed E-state index contributed by atoms with van der Waals surface area (Å²) in [7, 11) is 0. The van der Waals surface area contributed by atoms with Gasteiger partial charge in [-0.3, -0.25) is 35.2 Å². The van der Waals surface area contributed by atoms with E-state index in [0.29, 0.717) is 5.69 Å². The maximum Gasteiger partial charge on any atom is 0.301 e. The smallest absolute Gasteiger partial charge is 0.274 e. The maximum absolute atomic E-state index is 14.4. The van der Waals surface area contributed by atoms with Crippen molar-refractivity contribution in [2.45, 2.75) is 18.3 Å². The van der Waals surface area contributed by atoms with E-state index in [-0.39, 0.29) is 23.4 Å². The first kappa shape index (κ1) is 26.2. The summed E-state index contributed by atoms with van der Waals surface area (Å²) >= 11 is 0.